The first kappa shape index (κ1) is 22.7. The Morgan fingerprint density at radius 3 is 2.32 bits per heavy atom. The standard InChI is InChI=1S/C25H31NO5/c1-25(2,3)15-16-30-24(29)26-21(13-14-22(26)23(27)28)19-9-11-20(12-10-19)31-17-18-7-5-4-6-8-18/h4-12,21-22H,13-17H2,1-3H3,(H,27,28)/t21-,22+/m0/s1. The molecule has 3 rings (SSSR count). The molecule has 31 heavy (non-hydrogen) atoms. The fourth-order valence-electron chi connectivity index (χ4n) is 3.68. The zero-order valence-electron chi connectivity index (χ0n) is 18.4. The van der Waals surface area contributed by atoms with Gasteiger partial charge in [0.1, 0.15) is 18.4 Å². The fourth-order valence-corrected chi connectivity index (χ4v) is 3.68. The molecule has 1 amide bonds. The van der Waals surface area contributed by atoms with Crippen molar-refractivity contribution < 1.29 is 24.2 Å². The number of hydrogen-bond donors (Lipinski definition) is 1. The second kappa shape index (κ2) is 9.86. The summed E-state index contributed by atoms with van der Waals surface area (Å²) < 4.78 is 11.3. The molecule has 2 aromatic carbocycles. The third-order valence-corrected chi connectivity index (χ3v) is 5.47. The van der Waals surface area contributed by atoms with Crippen LogP contribution in [0.5, 0.6) is 5.75 Å². The van der Waals surface area contributed by atoms with Crippen molar-refractivity contribution in [1.29, 1.82) is 0 Å². The third-order valence-electron chi connectivity index (χ3n) is 5.47. The zero-order chi connectivity index (χ0) is 22.4. The van der Waals surface area contributed by atoms with Crippen molar-refractivity contribution in [1.82, 2.24) is 4.90 Å². The second-order valence-corrected chi connectivity index (χ2v) is 9.12. The molecule has 0 unspecified atom stereocenters. The van der Waals surface area contributed by atoms with Crippen LogP contribution >= 0.6 is 0 Å². The molecule has 6 heteroatoms. The summed E-state index contributed by atoms with van der Waals surface area (Å²) in [6.07, 6.45) is 1.13. The van der Waals surface area contributed by atoms with E-state index in [4.69, 9.17) is 9.47 Å². The first-order valence-electron chi connectivity index (χ1n) is 10.7. The largest absolute Gasteiger partial charge is 0.489 e. The number of rotatable bonds is 7. The van der Waals surface area contributed by atoms with Gasteiger partial charge in [-0.05, 0) is 47.9 Å². The maximum absolute atomic E-state index is 12.8. The van der Waals surface area contributed by atoms with Crippen LogP contribution in [0.1, 0.15) is 57.2 Å². The topological polar surface area (TPSA) is 76.1 Å². The molecule has 1 aliphatic heterocycles. The summed E-state index contributed by atoms with van der Waals surface area (Å²) in [6, 6.07) is 16.2. The lowest BCUT2D eigenvalue weighted by Crippen LogP contribution is -2.42. The lowest BCUT2D eigenvalue weighted by molar-refractivity contribution is -0.142. The van der Waals surface area contributed by atoms with E-state index in [1.165, 1.54) is 4.90 Å². The highest BCUT2D eigenvalue weighted by molar-refractivity contribution is 5.81. The smallest absolute Gasteiger partial charge is 0.411 e. The van der Waals surface area contributed by atoms with Crippen LogP contribution in [-0.2, 0) is 16.1 Å². The SMILES string of the molecule is CC(C)(C)CCOC(=O)N1[C@@H](C(=O)O)CC[C@H]1c1ccc(OCc2ccccc2)cc1. The third kappa shape index (κ3) is 6.23. The molecular weight excluding hydrogens is 394 g/mol. The Hall–Kier alpha value is -3.02. The van der Waals surface area contributed by atoms with Crippen molar-refractivity contribution in [3.63, 3.8) is 0 Å². The van der Waals surface area contributed by atoms with E-state index in [0.717, 1.165) is 16.9 Å². The van der Waals surface area contributed by atoms with E-state index in [9.17, 15) is 14.7 Å². The molecule has 1 heterocycles. The first-order chi connectivity index (χ1) is 14.7. The van der Waals surface area contributed by atoms with Gasteiger partial charge >= 0.3 is 12.1 Å². The van der Waals surface area contributed by atoms with Crippen LogP contribution in [-0.4, -0.2) is 34.7 Å². The fraction of sp³-hybridized carbons (Fsp3) is 0.440. The van der Waals surface area contributed by atoms with Gasteiger partial charge < -0.3 is 14.6 Å². The Morgan fingerprint density at radius 1 is 1.03 bits per heavy atom. The second-order valence-electron chi connectivity index (χ2n) is 9.12. The number of amides is 1. The Bertz CT molecular complexity index is 873. The minimum atomic E-state index is -1.00. The van der Waals surface area contributed by atoms with Gasteiger partial charge in [-0.25, -0.2) is 9.59 Å². The summed E-state index contributed by atoms with van der Waals surface area (Å²) in [7, 11) is 0. The molecule has 166 valence electrons. The van der Waals surface area contributed by atoms with E-state index in [1.807, 2.05) is 54.6 Å². The number of carboxylic acid groups (broad SMARTS) is 1. The van der Waals surface area contributed by atoms with Gasteiger partial charge in [0.2, 0.25) is 0 Å². The highest BCUT2D eigenvalue weighted by Crippen LogP contribution is 2.37. The van der Waals surface area contributed by atoms with Gasteiger partial charge in [-0.1, -0.05) is 63.2 Å². The van der Waals surface area contributed by atoms with Gasteiger partial charge in [0.25, 0.3) is 0 Å². The molecule has 2 aromatic rings. The quantitative estimate of drug-likeness (QED) is 0.640. The summed E-state index contributed by atoms with van der Waals surface area (Å²) in [4.78, 5) is 25.9. The molecule has 0 aromatic heterocycles. The van der Waals surface area contributed by atoms with Gasteiger partial charge in [-0.2, -0.15) is 0 Å². The number of benzene rings is 2. The lowest BCUT2D eigenvalue weighted by atomic mass is 9.93. The number of aliphatic carboxylic acids is 1. The highest BCUT2D eigenvalue weighted by Gasteiger charge is 2.42. The normalized spacial score (nSPS) is 18.6. The first-order valence-corrected chi connectivity index (χ1v) is 10.7. The molecule has 0 spiro atoms. The average Bonchev–Trinajstić information content (AvgIpc) is 3.18. The van der Waals surface area contributed by atoms with Crippen LogP contribution in [0.2, 0.25) is 0 Å². The number of hydrogen-bond acceptors (Lipinski definition) is 4. The summed E-state index contributed by atoms with van der Waals surface area (Å²) in [6.45, 7) is 6.95. The summed E-state index contributed by atoms with van der Waals surface area (Å²) in [5.74, 6) is -0.280. The van der Waals surface area contributed by atoms with Crippen molar-refractivity contribution >= 4 is 12.1 Å². The maximum Gasteiger partial charge on any atom is 0.411 e. The van der Waals surface area contributed by atoms with Crippen molar-refractivity contribution in [3.8, 4) is 5.75 Å². The number of carboxylic acids is 1. The molecule has 0 radical (unpaired) electrons. The molecule has 1 N–H and O–H groups in total. The lowest BCUT2D eigenvalue weighted by Gasteiger charge is -2.28. The predicted octanol–water partition coefficient (Wildman–Crippen LogP) is 5.43. The summed E-state index contributed by atoms with van der Waals surface area (Å²) >= 11 is 0. The molecule has 1 aliphatic rings. The van der Waals surface area contributed by atoms with E-state index >= 15 is 0 Å². The average molecular weight is 426 g/mol. The Morgan fingerprint density at radius 2 is 1.71 bits per heavy atom. The van der Waals surface area contributed by atoms with Gasteiger partial charge in [0.15, 0.2) is 0 Å². The molecule has 1 fully saturated rings. The predicted molar refractivity (Wildman–Crippen MR) is 118 cm³/mol. The summed E-state index contributed by atoms with van der Waals surface area (Å²) in [5, 5.41) is 9.60. The van der Waals surface area contributed by atoms with Gasteiger partial charge in [-0.3, -0.25) is 4.90 Å². The molecule has 0 saturated carbocycles. The Kier molecular flexibility index (Phi) is 7.21. The maximum atomic E-state index is 12.8. The highest BCUT2D eigenvalue weighted by atomic mass is 16.6. The minimum absolute atomic E-state index is 0.0342. The van der Waals surface area contributed by atoms with E-state index in [2.05, 4.69) is 20.8 Å². The Balaban J connectivity index is 1.67. The number of likely N-dealkylation sites (tertiary alicyclic amines) is 1. The van der Waals surface area contributed by atoms with Crippen LogP contribution in [0.4, 0.5) is 4.79 Å². The van der Waals surface area contributed by atoms with Crippen LogP contribution in [0.15, 0.2) is 54.6 Å². The van der Waals surface area contributed by atoms with E-state index in [-0.39, 0.29) is 18.1 Å². The van der Waals surface area contributed by atoms with Crippen molar-refractivity contribution in [3.05, 3.63) is 65.7 Å². The van der Waals surface area contributed by atoms with Crippen molar-refractivity contribution in [2.45, 2.75) is 58.7 Å². The van der Waals surface area contributed by atoms with Gasteiger partial charge in [0.05, 0.1) is 12.6 Å². The van der Waals surface area contributed by atoms with Crippen LogP contribution in [0.25, 0.3) is 0 Å². The van der Waals surface area contributed by atoms with E-state index in [0.29, 0.717) is 25.9 Å². The monoisotopic (exact) mass is 425 g/mol. The number of nitrogens with zero attached hydrogens (tertiary/aromatic N) is 1. The molecule has 2 atom stereocenters. The number of carbonyl (C=O) groups is 2. The van der Waals surface area contributed by atoms with Gasteiger partial charge in [-0.15, -0.1) is 0 Å². The number of carbonyl (C=O) groups excluding carboxylic acids is 1. The molecule has 6 nitrogen and oxygen atoms in total. The zero-order valence-corrected chi connectivity index (χ0v) is 18.4. The Labute approximate surface area is 183 Å². The van der Waals surface area contributed by atoms with Gasteiger partial charge in [0, 0.05) is 0 Å². The van der Waals surface area contributed by atoms with E-state index < -0.39 is 18.1 Å². The molecular formula is C25H31NO5. The molecule has 0 aliphatic carbocycles. The minimum Gasteiger partial charge on any atom is -0.489 e. The number of ether oxygens (including phenoxy) is 2. The summed E-state index contributed by atoms with van der Waals surface area (Å²) in [5.41, 5.74) is 1.99. The van der Waals surface area contributed by atoms with Crippen LogP contribution < -0.4 is 4.74 Å². The molecule has 0 bridgehead atoms. The van der Waals surface area contributed by atoms with Crippen molar-refractivity contribution in [2.75, 3.05) is 6.61 Å². The molecule has 1 saturated heterocycles. The van der Waals surface area contributed by atoms with Crippen molar-refractivity contribution in [2.24, 2.45) is 5.41 Å². The van der Waals surface area contributed by atoms with Crippen LogP contribution in [0, 0.1) is 5.41 Å². The van der Waals surface area contributed by atoms with Crippen LogP contribution in [0.3, 0.4) is 0 Å². The van der Waals surface area contributed by atoms with E-state index in [1.54, 1.807) is 0 Å².